The number of phenolic OH excluding ortho intramolecular Hbond substituents is 1. The summed E-state index contributed by atoms with van der Waals surface area (Å²) in [6.07, 6.45) is 0. The highest BCUT2D eigenvalue weighted by atomic mass is 32.1. The second kappa shape index (κ2) is 6.08. The van der Waals surface area contributed by atoms with Crippen molar-refractivity contribution in [2.75, 3.05) is 0 Å². The number of nitro groups is 1. The molecule has 0 bridgehead atoms. The van der Waals surface area contributed by atoms with Gasteiger partial charge in [-0.25, -0.2) is 9.78 Å². The number of phenols is 1. The maximum atomic E-state index is 12.3. The third-order valence-electron chi connectivity index (χ3n) is 3.82. The van der Waals surface area contributed by atoms with Gasteiger partial charge in [0.2, 0.25) is 0 Å². The molecule has 1 N–H and O–H groups in total. The minimum atomic E-state index is -0.552. The van der Waals surface area contributed by atoms with Gasteiger partial charge < -0.3 is 9.52 Å². The van der Waals surface area contributed by atoms with Crippen molar-refractivity contribution in [1.82, 2.24) is 4.98 Å². The van der Waals surface area contributed by atoms with Crippen LogP contribution in [0.25, 0.3) is 32.8 Å². The molecule has 2 aromatic carbocycles. The number of aromatic hydroxyl groups is 1. The summed E-state index contributed by atoms with van der Waals surface area (Å²) in [5.74, 6) is 0.0162. The number of hydrogen-bond donors (Lipinski definition) is 1. The van der Waals surface area contributed by atoms with Crippen molar-refractivity contribution in [2.45, 2.75) is 0 Å². The van der Waals surface area contributed by atoms with E-state index in [1.165, 1.54) is 35.6 Å². The van der Waals surface area contributed by atoms with Crippen molar-refractivity contribution >= 4 is 28.0 Å². The Kier molecular flexibility index (Phi) is 3.74. The summed E-state index contributed by atoms with van der Waals surface area (Å²) in [7, 11) is 0. The molecular weight excluding hydrogens is 356 g/mol. The van der Waals surface area contributed by atoms with Gasteiger partial charge in [0.15, 0.2) is 0 Å². The van der Waals surface area contributed by atoms with Crippen LogP contribution in [0.15, 0.2) is 63.1 Å². The van der Waals surface area contributed by atoms with E-state index in [1.807, 2.05) is 0 Å². The molecule has 2 heterocycles. The predicted octanol–water partition coefficient (Wildman–Crippen LogP) is 4.20. The fraction of sp³-hybridized carbons (Fsp3) is 0. The van der Waals surface area contributed by atoms with Gasteiger partial charge in [-0.3, -0.25) is 10.1 Å². The van der Waals surface area contributed by atoms with Gasteiger partial charge in [0.25, 0.3) is 5.69 Å². The lowest BCUT2D eigenvalue weighted by atomic mass is 10.1. The van der Waals surface area contributed by atoms with E-state index >= 15 is 0 Å². The van der Waals surface area contributed by atoms with E-state index in [4.69, 9.17) is 4.42 Å². The highest BCUT2D eigenvalue weighted by Crippen LogP contribution is 2.30. The molecule has 0 aliphatic heterocycles. The summed E-state index contributed by atoms with van der Waals surface area (Å²) < 4.78 is 5.26. The quantitative estimate of drug-likeness (QED) is 0.331. The second-order valence-corrected chi connectivity index (χ2v) is 6.37. The van der Waals surface area contributed by atoms with Gasteiger partial charge >= 0.3 is 5.63 Å². The second-order valence-electron chi connectivity index (χ2n) is 5.51. The van der Waals surface area contributed by atoms with E-state index in [9.17, 15) is 20.0 Å². The van der Waals surface area contributed by atoms with Gasteiger partial charge in [0, 0.05) is 34.5 Å². The number of rotatable bonds is 3. The number of benzene rings is 2. The van der Waals surface area contributed by atoms with Crippen LogP contribution in [0.2, 0.25) is 0 Å². The van der Waals surface area contributed by atoms with E-state index in [-0.39, 0.29) is 11.4 Å². The van der Waals surface area contributed by atoms with Crippen LogP contribution in [-0.2, 0) is 0 Å². The molecule has 4 rings (SSSR count). The van der Waals surface area contributed by atoms with Crippen molar-refractivity contribution < 1.29 is 14.4 Å². The maximum Gasteiger partial charge on any atom is 0.345 e. The summed E-state index contributed by atoms with van der Waals surface area (Å²) >= 11 is 1.33. The lowest BCUT2D eigenvalue weighted by molar-refractivity contribution is -0.384. The number of nitro benzene ring substituents is 1. The topological polar surface area (TPSA) is 106 Å². The molecule has 2 aromatic heterocycles. The predicted molar refractivity (Wildman–Crippen MR) is 97.3 cm³/mol. The van der Waals surface area contributed by atoms with Crippen molar-refractivity contribution in [3.63, 3.8) is 0 Å². The highest BCUT2D eigenvalue weighted by Gasteiger charge is 2.13. The number of nitrogens with zero attached hydrogens (tertiary/aromatic N) is 2. The van der Waals surface area contributed by atoms with Gasteiger partial charge in [0.1, 0.15) is 16.3 Å². The van der Waals surface area contributed by atoms with Crippen LogP contribution in [0.4, 0.5) is 5.69 Å². The van der Waals surface area contributed by atoms with Crippen LogP contribution >= 0.6 is 11.3 Å². The number of non-ortho nitro benzene ring substituents is 1. The first kappa shape index (κ1) is 16.0. The number of hydrogen-bond acceptors (Lipinski definition) is 7. The van der Waals surface area contributed by atoms with Crippen LogP contribution in [0.3, 0.4) is 0 Å². The molecule has 0 aliphatic carbocycles. The summed E-state index contributed by atoms with van der Waals surface area (Å²) in [6.45, 7) is 0. The largest absolute Gasteiger partial charge is 0.508 e. The number of thiazole rings is 1. The molecule has 0 spiro atoms. The molecule has 0 fully saturated rings. The molecule has 0 atom stereocenters. The lowest BCUT2D eigenvalue weighted by Crippen LogP contribution is -2.02. The molecule has 8 heteroatoms. The van der Waals surface area contributed by atoms with E-state index in [1.54, 1.807) is 29.6 Å². The smallest absolute Gasteiger partial charge is 0.345 e. The highest BCUT2D eigenvalue weighted by molar-refractivity contribution is 7.13. The van der Waals surface area contributed by atoms with E-state index in [0.29, 0.717) is 27.2 Å². The normalized spacial score (nSPS) is 10.9. The summed E-state index contributed by atoms with van der Waals surface area (Å²) in [6, 6.07) is 12.3. The van der Waals surface area contributed by atoms with E-state index in [0.717, 1.165) is 5.56 Å². The zero-order chi connectivity index (χ0) is 18.3. The summed E-state index contributed by atoms with van der Waals surface area (Å²) in [4.78, 5) is 27.0. The van der Waals surface area contributed by atoms with Crippen molar-refractivity contribution in [2.24, 2.45) is 0 Å². The third-order valence-corrected chi connectivity index (χ3v) is 4.72. The molecule has 7 nitrogen and oxygen atoms in total. The third kappa shape index (κ3) is 2.82. The Morgan fingerprint density at radius 2 is 1.88 bits per heavy atom. The fourth-order valence-corrected chi connectivity index (χ4v) is 3.36. The summed E-state index contributed by atoms with van der Waals surface area (Å²) in [5, 5.41) is 23.3. The van der Waals surface area contributed by atoms with Gasteiger partial charge in [-0.2, -0.15) is 0 Å². The molecule has 4 aromatic rings. The van der Waals surface area contributed by atoms with Gasteiger partial charge in [-0.15, -0.1) is 11.3 Å². The Balaban J connectivity index is 1.75. The lowest BCUT2D eigenvalue weighted by Gasteiger charge is -2.00. The van der Waals surface area contributed by atoms with Crippen LogP contribution in [0, 0.1) is 10.1 Å². The molecule has 0 amide bonds. The first-order chi connectivity index (χ1) is 12.5. The Morgan fingerprint density at radius 3 is 2.62 bits per heavy atom. The van der Waals surface area contributed by atoms with Crippen molar-refractivity contribution in [1.29, 1.82) is 0 Å². The van der Waals surface area contributed by atoms with Crippen LogP contribution < -0.4 is 5.63 Å². The van der Waals surface area contributed by atoms with Crippen molar-refractivity contribution in [3.8, 4) is 27.6 Å². The van der Waals surface area contributed by atoms with Gasteiger partial charge in [-0.1, -0.05) is 0 Å². The van der Waals surface area contributed by atoms with Gasteiger partial charge in [-0.05, 0) is 30.3 Å². The van der Waals surface area contributed by atoms with E-state index < -0.39 is 10.5 Å². The summed E-state index contributed by atoms with van der Waals surface area (Å²) in [5.41, 5.74) is 1.25. The average Bonchev–Trinajstić information content (AvgIpc) is 3.11. The molecule has 128 valence electrons. The van der Waals surface area contributed by atoms with E-state index in [2.05, 4.69) is 4.98 Å². The van der Waals surface area contributed by atoms with Gasteiger partial charge in [0.05, 0.1) is 16.2 Å². The zero-order valence-corrected chi connectivity index (χ0v) is 13.9. The standard InChI is InChI=1S/C18H10N2O5S/c21-13-6-3-11-7-14(18(22)25-16(11)8-13)15-9-26-17(19-15)10-1-4-12(5-2-10)20(23)24/h1-9,21H. The number of fused-ring (bicyclic) bond motifs is 1. The molecule has 0 radical (unpaired) electrons. The molecule has 0 saturated heterocycles. The molecule has 0 aliphatic rings. The molecule has 26 heavy (non-hydrogen) atoms. The van der Waals surface area contributed by atoms with Crippen LogP contribution in [-0.4, -0.2) is 15.0 Å². The Morgan fingerprint density at radius 1 is 1.12 bits per heavy atom. The van der Waals surface area contributed by atoms with Crippen LogP contribution in [0.1, 0.15) is 0 Å². The first-order valence-corrected chi connectivity index (χ1v) is 8.37. The van der Waals surface area contributed by atoms with Crippen LogP contribution in [0.5, 0.6) is 5.75 Å². The molecule has 0 unspecified atom stereocenters. The average molecular weight is 366 g/mol. The number of aromatic nitrogens is 1. The molecule has 0 saturated carbocycles. The minimum absolute atomic E-state index is 0.00366. The maximum absolute atomic E-state index is 12.3. The Labute approximate surface area is 150 Å². The van der Waals surface area contributed by atoms with Crippen molar-refractivity contribution in [3.05, 3.63) is 74.4 Å². The fourth-order valence-electron chi connectivity index (χ4n) is 2.53. The monoisotopic (exact) mass is 366 g/mol. The SMILES string of the molecule is O=c1oc2cc(O)ccc2cc1-c1csc(-c2ccc([N+](=O)[O-])cc2)n1. The Hall–Kier alpha value is -3.52. The minimum Gasteiger partial charge on any atom is -0.508 e. The Bertz CT molecular complexity index is 1190. The first-order valence-electron chi connectivity index (χ1n) is 7.49. The zero-order valence-electron chi connectivity index (χ0n) is 13.1. The molecular formula is C18H10N2O5S.